The van der Waals surface area contributed by atoms with E-state index < -0.39 is 0 Å². The highest BCUT2D eigenvalue weighted by atomic mass is 16.5. The number of fused-ring (bicyclic) bond motifs is 1. The highest BCUT2D eigenvalue weighted by Gasteiger charge is 2.05. The third kappa shape index (κ3) is 2.23. The van der Waals surface area contributed by atoms with Crippen LogP contribution in [0.3, 0.4) is 0 Å². The van der Waals surface area contributed by atoms with Gasteiger partial charge in [-0.25, -0.2) is 0 Å². The third-order valence-corrected chi connectivity index (χ3v) is 3.17. The Hall–Kier alpha value is -2.75. The second-order valence-corrected chi connectivity index (χ2v) is 4.46. The van der Waals surface area contributed by atoms with Crippen molar-refractivity contribution in [2.24, 2.45) is 0 Å². The van der Waals surface area contributed by atoms with E-state index in [9.17, 15) is 0 Å². The molecule has 2 aromatic carbocycles. The number of anilines is 3. The molecular weight excluding hydrogens is 250 g/mol. The highest BCUT2D eigenvalue weighted by molar-refractivity contribution is 5.99. The van der Waals surface area contributed by atoms with Gasteiger partial charge in [-0.05, 0) is 48.5 Å². The number of nitrogens with one attached hydrogen (secondary N) is 1. The first kappa shape index (κ1) is 12.3. The molecule has 3 rings (SSSR count). The number of ether oxygens (including phenoxy) is 1. The molecule has 0 bridgehead atoms. The van der Waals surface area contributed by atoms with Gasteiger partial charge in [0.1, 0.15) is 5.75 Å². The number of nitrogens with two attached hydrogens (primary N) is 1. The molecule has 100 valence electrons. The van der Waals surface area contributed by atoms with Gasteiger partial charge in [-0.3, -0.25) is 4.98 Å². The van der Waals surface area contributed by atoms with E-state index in [1.165, 1.54) is 0 Å². The monoisotopic (exact) mass is 265 g/mol. The van der Waals surface area contributed by atoms with Crippen molar-refractivity contribution in [2.45, 2.75) is 0 Å². The number of hydrogen-bond acceptors (Lipinski definition) is 4. The number of rotatable bonds is 3. The van der Waals surface area contributed by atoms with E-state index in [-0.39, 0.29) is 0 Å². The summed E-state index contributed by atoms with van der Waals surface area (Å²) in [5.74, 6) is 0.829. The van der Waals surface area contributed by atoms with Crippen molar-refractivity contribution in [3.8, 4) is 5.75 Å². The topological polar surface area (TPSA) is 60.2 Å². The van der Waals surface area contributed by atoms with Crippen LogP contribution in [0.5, 0.6) is 5.75 Å². The summed E-state index contributed by atoms with van der Waals surface area (Å²) in [6.45, 7) is 0. The SMILES string of the molecule is COc1ccc(Nc2ccc(N)c3cccnc23)cc1. The predicted molar refractivity (Wildman–Crippen MR) is 82.4 cm³/mol. The second-order valence-electron chi connectivity index (χ2n) is 4.46. The van der Waals surface area contributed by atoms with Crippen molar-refractivity contribution in [3.63, 3.8) is 0 Å². The van der Waals surface area contributed by atoms with Gasteiger partial charge in [-0.1, -0.05) is 0 Å². The predicted octanol–water partition coefficient (Wildman–Crippen LogP) is 3.57. The summed E-state index contributed by atoms with van der Waals surface area (Å²) >= 11 is 0. The second kappa shape index (κ2) is 5.09. The van der Waals surface area contributed by atoms with E-state index in [1.807, 2.05) is 48.5 Å². The van der Waals surface area contributed by atoms with Gasteiger partial charge >= 0.3 is 0 Å². The van der Waals surface area contributed by atoms with Crippen molar-refractivity contribution >= 4 is 28.0 Å². The molecule has 0 aliphatic carbocycles. The van der Waals surface area contributed by atoms with Gasteiger partial charge in [-0.15, -0.1) is 0 Å². The molecule has 1 heterocycles. The minimum atomic E-state index is 0.730. The molecule has 0 saturated carbocycles. The lowest BCUT2D eigenvalue weighted by Crippen LogP contribution is -1.95. The van der Waals surface area contributed by atoms with Crippen LogP contribution in [-0.4, -0.2) is 12.1 Å². The highest BCUT2D eigenvalue weighted by Crippen LogP contribution is 2.29. The summed E-state index contributed by atoms with van der Waals surface area (Å²) < 4.78 is 5.15. The Bertz CT molecular complexity index is 738. The van der Waals surface area contributed by atoms with E-state index in [1.54, 1.807) is 13.3 Å². The molecule has 1 aromatic heterocycles. The fourth-order valence-electron chi connectivity index (χ4n) is 2.13. The van der Waals surface area contributed by atoms with Crippen LogP contribution in [0.2, 0.25) is 0 Å². The van der Waals surface area contributed by atoms with E-state index in [2.05, 4.69) is 10.3 Å². The summed E-state index contributed by atoms with van der Waals surface area (Å²) in [5.41, 5.74) is 9.47. The van der Waals surface area contributed by atoms with Gasteiger partial charge in [0.2, 0.25) is 0 Å². The maximum absolute atomic E-state index is 5.97. The molecule has 0 fully saturated rings. The lowest BCUT2D eigenvalue weighted by atomic mass is 10.1. The molecule has 0 aliphatic heterocycles. The Kier molecular flexibility index (Phi) is 3.13. The van der Waals surface area contributed by atoms with Crippen LogP contribution >= 0.6 is 0 Å². The van der Waals surface area contributed by atoms with Crippen molar-refractivity contribution < 1.29 is 4.74 Å². The zero-order valence-electron chi connectivity index (χ0n) is 11.1. The largest absolute Gasteiger partial charge is 0.497 e. The van der Waals surface area contributed by atoms with E-state index >= 15 is 0 Å². The van der Waals surface area contributed by atoms with Crippen molar-refractivity contribution in [1.82, 2.24) is 4.98 Å². The average molecular weight is 265 g/mol. The lowest BCUT2D eigenvalue weighted by molar-refractivity contribution is 0.415. The first-order valence-corrected chi connectivity index (χ1v) is 6.32. The number of hydrogen-bond donors (Lipinski definition) is 2. The molecule has 20 heavy (non-hydrogen) atoms. The Labute approximate surface area is 117 Å². The number of pyridine rings is 1. The normalized spacial score (nSPS) is 10.4. The molecule has 0 aliphatic rings. The van der Waals surface area contributed by atoms with Crippen LogP contribution < -0.4 is 15.8 Å². The smallest absolute Gasteiger partial charge is 0.119 e. The van der Waals surface area contributed by atoms with E-state index in [0.29, 0.717) is 0 Å². The molecule has 0 amide bonds. The van der Waals surface area contributed by atoms with Crippen LogP contribution in [0, 0.1) is 0 Å². The minimum absolute atomic E-state index is 0.730. The summed E-state index contributed by atoms with van der Waals surface area (Å²) in [6.07, 6.45) is 1.76. The number of nitrogens with zero attached hydrogens (tertiary/aromatic N) is 1. The Morgan fingerprint density at radius 2 is 1.85 bits per heavy atom. The molecule has 3 N–H and O–H groups in total. The zero-order chi connectivity index (χ0) is 13.9. The fourth-order valence-corrected chi connectivity index (χ4v) is 2.13. The molecule has 4 nitrogen and oxygen atoms in total. The minimum Gasteiger partial charge on any atom is -0.497 e. The van der Waals surface area contributed by atoms with Gasteiger partial charge < -0.3 is 15.8 Å². The van der Waals surface area contributed by atoms with Crippen LogP contribution in [0.1, 0.15) is 0 Å². The summed E-state index contributed by atoms with van der Waals surface area (Å²) in [6, 6.07) is 15.4. The molecule has 4 heteroatoms. The fraction of sp³-hybridized carbons (Fsp3) is 0.0625. The molecule has 0 atom stereocenters. The zero-order valence-corrected chi connectivity index (χ0v) is 11.1. The summed E-state index contributed by atoms with van der Waals surface area (Å²) in [5, 5.41) is 4.30. The standard InChI is InChI=1S/C16H15N3O/c1-20-12-6-4-11(5-7-12)19-15-9-8-14(17)13-3-2-10-18-16(13)15/h2-10,19H,17H2,1H3. The van der Waals surface area contributed by atoms with Crippen LogP contribution in [0.25, 0.3) is 10.9 Å². The van der Waals surface area contributed by atoms with Gasteiger partial charge in [0.15, 0.2) is 0 Å². The first-order chi connectivity index (χ1) is 9.78. The Morgan fingerprint density at radius 1 is 1.05 bits per heavy atom. The van der Waals surface area contributed by atoms with E-state index in [4.69, 9.17) is 10.5 Å². The van der Waals surface area contributed by atoms with Crippen molar-refractivity contribution in [3.05, 3.63) is 54.7 Å². The lowest BCUT2D eigenvalue weighted by Gasteiger charge is -2.11. The number of nitrogen functional groups attached to an aromatic ring is 1. The maximum atomic E-state index is 5.97. The summed E-state index contributed by atoms with van der Waals surface area (Å²) in [7, 11) is 1.65. The average Bonchev–Trinajstić information content (AvgIpc) is 2.51. The molecule has 0 spiro atoms. The van der Waals surface area contributed by atoms with Crippen molar-refractivity contribution in [1.29, 1.82) is 0 Å². The van der Waals surface area contributed by atoms with Gasteiger partial charge in [-0.2, -0.15) is 0 Å². The third-order valence-electron chi connectivity index (χ3n) is 3.17. The molecular formula is C16H15N3O. The van der Waals surface area contributed by atoms with Gasteiger partial charge in [0.05, 0.1) is 18.3 Å². The van der Waals surface area contributed by atoms with Crippen LogP contribution in [0.4, 0.5) is 17.1 Å². The van der Waals surface area contributed by atoms with Crippen LogP contribution in [0.15, 0.2) is 54.7 Å². The summed E-state index contributed by atoms with van der Waals surface area (Å²) in [4.78, 5) is 4.40. The maximum Gasteiger partial charge on any atom is 0.119 e. The molecule has 0 unspecified atom stereocenters. The van der Waals surface area contributed by atoms with Crippen molar-refractivity contribution in [2.75, 3.05) is 18.2 Å². The number of methoxy groups -OCH3 is 1. The quantitative estimate of drug-likeness (QED) is 0.711. The number of benzene rings is 2. The Morgan fingerprint density at radius 3 is 2.60 bits per heavy atom. The first-order valence-electron chi connectivity index (χ1n) is 6.32. The van der Waals surface area contributed by atoms with Crippen LogP contribution in [-0.2, 0) is 0 Å². The van der Waals surface area contributed by atoms with Gasteiger partial charge in [0.25, 0.3) is 0 Å². The number of aromatic nitrogens is 1. The molecule has 3 aromatic rings. The van der Waals surface area contributed by atoms with Gasteiger partial charge in [0, 0.05) is 23.0 Å². The van der Waals surface area contributed by atoms with E-state index in [0.717, 1.165) is 33.7 Å². The molecule has 0 radical (unpaired) electrons. The Balaban J connectivity index is 2.00. The molecule has 0 saturated heterocycles.